The van der Waals surface area contributed by atoms with Crippen LogP contribution in [-0.2, 0) is 10.2 Å². The van der Waals surface area contributed by atoms with Crippen molar-refractivity contribution in [3.05, 3.63) is 28.0 Å². The molecule has 0 spiro atoms. The van der Waals surface area contributed by atoms with E-state index < -0.39 is 17.2 Å². The minimum absolute atomic E-state index is 0.0641. The number of halogens is 2. The topological polar surface area (TPSA) is 46.5 Å². The van der Waals surface area contributed by atoms with Gasteiger partial charge in [0.25, 0.3) is 0 Å². The summed E-state index contributed by atoms with van der Waals surface area (Å²) in [6.45, 7) is 1.71. The van der Waals surface area contributed by atoms with Gasteiger partial charge in [0.15, 0.2) is 0 Å². The van der Waals surface area contributed by atoms with Gasteiger partial charge >= 0.3 is 5.97 Å². The van der Waals surface area contributed by atoms with Crippen molar-refractivity contribution in [1.29, 1.82) is 0 Å². The Morgan fingerprint density at radius 1 is 1.59 bits per heavy atom. The molecule has 1 aliphatic rings. The predicted octanol–water partition coefficient (Wildman–Crippen LogP) is 2.91. The molecule has 1 saturated carbocycles. The van der Waals surface area contributed by atoms with Crippen LogP contribution in [0.25, 0.3) is 0 Å². The van der Waals surface area contributed by atoms with E-state index in [2.05, 4.69) is 0 Å². The maximum atomic E-state index is 14.0. The Morgan fingerprint density at radius 3 is 2.59 bits per heavy atom. The maximum absolute atomic E-state index is 14.0. The molecule has 0 atom stereocenters. The zero-order chi connectivity index (χ0) is 12.8. The molecule has 0 unspecified atom stereocenters. The average Bonchev–Trinajstić information content (AvgIpc) is 3.04. The van der Waals surface area contributed by atoms with E-state index in [1.54, 1.807) is 6.92 Å². The molecule has 0 heterocycles. The third kappa shape index (κ3) is 1.67. The Balaban J connectivity index is 2.71. The van der Waals surface area contributed by atoms with Gasteiger partial charge in [-0.15, -0.1) is 0 Å². The first-order valence-electron chi connectivity index (χ1n) is 5.20. The zero-order valence-electron chi connectivity index (χ0n) is 9.51. The molecular weight excluding hydrogens is 247 g/mol. The molecule has 0 amide bonds. The van der Waals surface area contributed by atoms with Crippen LogP contribution in [0.3, 0.4) is 0 Å². The number of carbonyl (C=O) groups is 1. The number of rotatable bonds is 3. The lowest BCUT2D eigenvalue weighted by atomic mass is 9.92. The lowest BCUT2D eigenvalue weighted by molar-refractivity contribution is -0.140. The highest BCUT2D eigenvalue weighted by atomic mass is 35.5. The molecule has 17 heavy (non-hydrogen) atoms. The molecule has 92 valence electrons. The van der Waals surface area contributed by atoms with Gasteiger partial charge in [0, 0.05) is 5.56 Å². The van der Waals surface area contributed by atoms with Gasteiger partial charge in [0.2, 0.25) is 0 Å². The van der Waals surface area contributed by atoms with Crippen LogP contribution in [0.4, 0.5) is 4.39 Å². The van der Waals surface area contributed by atoms with Gasteiger partial charge in [-0.2, -0.15) is 0 Å². The molecule has 0 aromatic heterocycles. The van der Waals surface area contributed by atoms with Gasteiger partial charge in [0.05, 0.1) is 17.5 Å². The van der Waals surface area contributed by atoms with Crippen molar-refractivity contribution in [3.8, 4) is 5.75 Å². The third-order valence-corrected chi connectivity index (χ3v) is 3.47. The number of benzene rings is 1. The summed E-state index contributed by atoms with van der Waals surface area (Å²) in [5.74, 6) is -1.43. The first kappa shape index (κ1) is 12.2. The van der Waals surface area contributed by atoms with E-state index in [1.165, 1.54) is 13.2 Å². The molecule has 0 bridgehead atoms. The quantitative estimate of drug-likeness (QED) is 0.907. The van der Waals surface area contributed by atoms with Crippen LogP contribution < -0.4 is 4.74 Å². The first-order valence-corrected chi connectivity index (χ1v) is 5.58. The second-order valence-electron chi connectivity index (χ2n) is 4.28. The second-order valence-corrected chi connectivity index (χ2v) is 4.69. The van der Waals surface area contributed by atoms with Gasteiger partial charge < -0.3 is 9.84 Å². The molecule has 1 aromatic rings. The van der Waals surface area contributed by atoms with E-state index in [0.717, 1.165) is 0 Å². The summed E-state index contributed by atoms with van der Waals surface area (Å²) in [5, 5.41) is 9.15. The molecule has 1 aliphatic carbocycles. The molecule has 1 N–H and O–H groups in total. The Morgan fingerprint density at radius 2 is 2.18 bits per heavy atom. The summed E-state index contributed by atoms with van der Waals surface area (Å²) in [4.78, 5) is 11.3. The number of aliphatic carboxylic acids is 1. The van der Waals surface area contributed by atoms with Gasteiger partial charge in [0.1, 0.15) is 11.6 Å². The van der Waals surface area contributed by atoms with Crippen molar-refractivity contribution >= 4 is 17.6 Å². The smallest absolute Gasteiger partial charge is 0.314 e. The molecule has 0 saturated heterocycles. The normalized spacial score (nSPS) is 16.7. The maximum Gasteiger partial charge on any atom is 0.314 e. The van der Waals surface area contributed by atoms with Crippen molar-refractivity contribution in [2.45, 2.75) is 25.2 Å². The van der Waals surface area contributed by atoms with E-state index in [-0.39, 0.29) is 16.3 Å². The molecule has 0 radical (unpaired) electrons. The summed E-state index contributed by atoms with van der Waals surface area (Å²) in [7, 11) is 1.40. The van der Waals surface area contributed by atoms with E-state index in [0.29, 0.717) is 18.4 Å². The predicted molar refractivity (Wildman–Crippen MR) is 61.2 cm³/mol. The number of carboxylic acid groups (broad SMARTS) is 1. The molecular formula is C12H12ClFO3. The number of ether oxygens (including phenoxy) is 1. The van der Waals surface area contributed by atoms with Crippen molar-refractivity contribution in [2.75, 3.05) is 7.11 Å². The number of methoxy groups -OCH3 is 1. The van der Waals surface area contributed by atoms with E-state index >= 15 is 0 Å². The fourth-order valence-electron chi connectivity index (χ4n) is 2.12. The number of hydrogen-bond acceptors (Lipinski definition) is 2. The highest BCUT2D eigenvalue weighted by Crippen LogP contribution is 2.54. The largest absolute Gasteiger partial charge is 0.496 e. The lowest BCUT2D eigenvalue weighted by Gasteiger charge is -2.18. The fraction of sp³-hybridized carbons (Fsp3) is 0.417. The highest BCUT2D eigenvalue weighted by molar-refractivity contribution is 6.31. The Bertz CT molecular complexity index is 495. The van der Waals surface area contributed by atoms with Crippen molar-refractivity contribution in [2.24, 2.45) is 0 Å². The summed E-state index contributed by atoms with van der Waals surface area (Å²) in [5.41, 5.74) is -0.440. The van der Waals surface area contributed by atoms with Crippen LogP contribution in [0.2, 0.25) is 5.02 Å². The number of aryl methyl sites for hydroxylation is 1. The fourth-order valence-corrected chi connectivity index (χ4v) is 2.38. The summed E-state index contributed by atoms with van der Waals surface area (Å²) in [6, 6.07) is 1.44. The molecule has 3 nitrogen and oxygen atoms in total. The molecule has 2 rings (SSSR count). The standard InChI is InChI=1S/C12H12ClFO3/c1-6-5-7(13)9(14)8(10(6)17-2)12(3-4-12)11(15)16/h5H,3-4H2,1-2H3,(H,15,16). The van der Waals surface area contributed by atoms with Crippen LogP contribution in [-0.4, -0.2) is 18.2 Å². The van der Waals surface area contributed by atoms with Gasteiger partial charge in [-0.1, -0.05) is 11.6 Å². The van der Waals surface area contributed by atoms with Gasteiger partial charge in [-0.25, -0.2) is 4.39 Å². The minimum Gasteiger partial charge on any atom is -0.496 e. The third-order valence-electron chi connectivity index (χ3n) is 3.20. The Labute approximate surface area is 103 Å². The van der Waals surface area contributed by atoms with Crippen molar-refractivity contribution in [1.82, 2.24) is 0 Å². The number of carboxylic acids is 1. The summed E-state index contributed by atoms with van der Waals surface area (Å²) >= 11 is 5.76. The van der Waals surface area contributed by atoms with Gasteiger partial charge in [-0.3, -0.25) is 4.79 Å². The SMILES string of the molecule is COc1c(C)cc(Cl)c(F)c1C1(C(=O)O)CC1. The molecule has 1 aromatic carbocycles. The van der Waals surface area contributed by atoms with Crippen LogP contribution in [0.1, 0.15) is 24.0 Å². The highest BCUT2D eigenvalue weighted by Gasteiger charge is 2.55. The summed E-state index contributed by atoms with van der Waals surface area (Å²) in [6.07, 6.45) is 0.824. The number of hydrogen-bond donors (Lipinski definition) is 1. The van der Waals surface area contributed by atoms with E-state index in [9.17, 15) is 14.3 Å². The Kier molecular flexibility index (Phi) is 2.78. The van der Waals surface area contributed by atoms with Crippen molar-refractivity contribution in [3.63, 3.8) is 0 Å². The lowest BCUT2D eigenvalue weighted by Crippen LogP contribution is -2.22. The molecule has 5 heteroatoms. The second kappa shape index (κ2) is 3.88. The Hall–Kier alpha value is -1.29. The van der Waals surface area contributed by atoms with Crippen LogP contribution >= 0.6 is 11.6 Å². The zero-order valence-corrected chi connectivity index (χ0v) is 10.3. The first-order chi connectivity index (χ1) is 7.94. The van der Waals surface area contributed by atoms with Crippen LogP contribution in [0.5, 0.6) is 5.75 Å². The van der Waals surface area contributed by atoms with Crippen LogP contribution in [0.15, 0.2) is 6.07 Å². The van der Waals surface area contributed by atoms with E-state index in [4.69, 9.17) is 16.3 Å². The summed E-state index contributed by atoms with van der Waals surface area (Å²) < 4.78 is 19.2. The monoisotopic (exact) mass is 258 g/mol. The van der Waals surface area contributed by atoms with E-state index in [1.807, 2.05) is 0 Å². The average molecular weight is 259 g/mol. The van der Waals surface area contributed by atoms with Crippen molar-refractivity contribution < 1.29 is 19.0 Å². The molecule has 1 fully saturated rings. The van der Waals surface area contributed by atoms with Crippen LogP contribution in [0, 0.1) is 12.7 Å². The molecule has 0 aliphatic heterocycles. The van der Waals surface area contributed by atoms with Gasteiger partial charge in [-0.05, 0) is 31.4 Å². The minimum atomic E-state index is -1.16.